The molecule has 8 nitrogen and oxygen atoms in total. The fourth-order valence-corrected chi connectivity index (χ4v) is 4.60. The largest absolute Gasteiger partial charge is 0.497 e. The molecule has 0 saturated heterocycles. The van der Waals surface area contributed by atoms with Crippen LogP contribution in [0.25, 0.3) is 39.1 Å². The van der Waals surface area contributed by atoms with Crippen LogP contribution in [0.5, 0.6) is 5.75 Å². The Bertz CT molecular complexity index is 1780. The van der Waals surface area contributed by atoms with Crippen LogP contribution in [0.15, 0.2) is 98.7 Å². The minimum absolute atomic E-state index is 0.408. The van der Waals surface area contributed by atoms with E-state index in [0.717, 1.165) is 33.7 Å². The van der Waals surface area contributed by atoms with Crippen molar-refractivity contribution < 1.29 is 9.15 Å². The van der Waals surface area contributed by atoms with Crippen LogP contribution in [-0.2, 0) is 0 Å². The van der Waals surface area contributed by atoms with Gasteiger partial charge in [-0.15, -0.1) is 11.3 Å². The maximum absolute atomic E-state index is 12.5. The standard InChI is InChI=1S/C27H19N5O3S/c1-34-19-11-9-17(10-12-19)25-22(32-13-5-4-8-24(32)30-25)15-28-31-27-29-21(16-36-27)20-14-18-6-2-3-7-23(18)35-26(20)33/h2-16H,1H3,(H,29,31)/b28-15+. The first-order valence-corrected chi connectivity index (χ1v) is 12.0. The Hall–Kier alpha value is -4.76. The number of hydrogen-bond donors (Lipinski definition) is 1. The number of aromatic nitrogens is 3. The van der Waals surface area contributed by atoms with Crippen molar-refractivity contribution in [1.29, 1.82) is 0 Å². The third kappa shape index (κ3) is 4.01. The summed E-state index contributed by atoms with van der Waals surface area (Å²) in [6, 6.07) is 22.8. The third-order valence-electron chi connectivity index (χ3n) is 5.70. The van der Waals surface area contributed by atoms with Gasteiger partial charge in [0.2, 0.25) is 5.13 Å². The number of methoxy groups -OCH3 is 1. The van der Waals surface area contributed by atoms with Gasteiger partial charge in [0.25, 0.3) is 0 Å². The summed E-state index contributed by atoms with van der Waals surface area (Å²) in [5.74, 6) is 0.777. The lowest BCUT2D eigenvalue weighted by molar-refractivity contribution is 0.415. The van der Waals surface area contributed by atoms with Crippen LogP contribution in [0.2, 0.25) is 0 Å². The van der Waals surface area contributed by atoms with Crippen LogP contribution in [0.1, 0.15) is 5.69 Å². The second kappa shape index (κ2) is 9.12. The van der Waals surface area contributed by atoms with E-state index in [-0.39, 0.29) is 0 Å². The number of hydrazone groups is 1. The zero-order valence-corrected chi connectivity index (χ0v) is 19.9. The monoisotopic (exact) mass is 493 g/mol. The molecule has 0 radical (unpaired) electrons. The van der Waals surface area contributed by atoms with Gasteiger partial charge in [0.15, 0.2) is 0 Å². The molecule has 0 aliphatic heterocycles. The average molecular weight is 494 g/mol. The molecule has 0 aliphatic carbocycles. The third-order valence-corrected chi connectivity index (χ3v) is 6.45. The summed E-state index contributed by atoms with van der Waals surface area (Å²) in [5.41, 5.74) is 7.40. The summed E-state index contributed by atoms with van der Waals surface area (Å²) in [4.78, 5) is 21.8. The first kappa shape index (κ1) is 21.8. The van der Waals surface area contributed by atoms with E-state index in [9.17, 15) is 4.79 Å². The van der Waals surface area contributed by atoms with E-state index in [2.05, 4.69) is 15.5 Å². The summed E-state index contributed by atoms with van der Waals surface area (Å²) in [7, 11) is 1.64. The zero-order valence-electron chi connectivity index (χ0n) is 19.1. The highest BCUT2D eigenvalue weighted by molar-refractivity contribution is 7.14. The number of nitrogens with one attached hydrogen (secondary N) is 1. The first-order chi connectivity index (χ1) is 17.7. The molecule has 0 unspecified atom stereocenters. The van der Waals surface area contributed by atoms with Crippen molar-refractivity contribution in [1.82, 2.24) is 14.4 Å². The summed E-state index contributed by atoms with van der Waals surface area (Å²) < 4.78 is 12.7. The van der Waals surface area contributed by atoms with Crippen molar-refractivity contribution in [2.24, 2.45) is 5.10 Å². The van der Waals surface area contributed by atoms with Crippen molar-refractivity contribution in [2.75, 3.05) is 12.5 Å². The topological polar surface area (TPSA) is 94.0 Å². The Kier molecular flexibility index (Phi) is 5.51. The number of benzene rings is 2. The highest BCUT2D eigenvalue weighted by Crippen LogP contribution is 2.27. The molecule has 0 atom stereocenters. The molecule has 0 fully saturated rings. The molecule has 0 spiro atoms. The van der Waals surface area contributed by atoms with Crippen LogP contribution in [-0.4, -0.2) is 27.7 Å². The minimum Gasteiger partial charge on any atom is -0.497 e. The fourth-order valence-electron chi connectivity index (χ4n) is 3.94. The van der Waals surface area contributed by atoms with Crippen LogP contribution >= 0.6 is 11.3 Å². The SMILES string of the molecule is COc1ccc(-c2nc3ccccn3c2/C=N/Nc2nc(-c3cc4ccccc4oc3=O)cs2)cc1. The van der Waals surface area contributed by atoms with Gasteiger partial charge >= 0.3 is 5.63 Å². The second-order valence-electron chi connectivity index (χ2n) is 7.90. The lowest BCUT2D eigenvalue weighted by Crippen LogP contribution is -2.03. The molecule has 0 amide bonds. The van der Waals surface area contributed by atoms with Gasteiger partial charge < -0.3 is 9.15 Å². The molecule has 0 bridgehead atoms. The van der Waals surface area contributed by atoms with Gasteiger partial charge in [-0.1, -0.05) is 24.3 Å². The van der Waals surface area contributed by atoms with E-state index < -0.39 is 5.63 Å². The second-order valence-corrected chi connectivity index (χ2v) is 8.75. The normalized spacial score (nSPS) is 11.5. The van der Waals surface area contributed by atoms with Crippen molar-refractivity contribution in [3.05, 3.63) is 100 Å². The van der Waals surface area contributed by atoms with Crippen molar-refractivity contribution in [2.45, 2.75) is 0 Å². The highest BCUT2D eigenvalue weighted by atomic mass is 32.1. The Labute approximate surface area is 209 Å². The van der Waals surface area contributed by atoms with E-state index in [1.165, 1.54) is 11.3 Å². The quantitative estimate of drug-likeness (QED) is 0.182. The van der Waals surface area contributed by atoms with Gasteiger partial charge in [-0.05, 0) is 48.5 Å². The van der Waals surface area contributed by atoms with E-state index >= 15 is 0 Å². The van der Waals surface area contributed by atoms with Gasteiger partial charge in [0, 0.05) is 22.5 Å². The number of thiazole rings is 1. The maximum atomic E-state index is 12.5. The molecule has 2 aromatic carbocycles. The Morgan fingerprint density at radius 2 is 1.89 bits per heavy atom. The van der Waals surface area contributed by atoms with Crippen LogP contribution in [0, 0.1) is 0 Å². The van der Waals surface area contributed by atoms with E-state index in [1.54, 1.807) is 30.8 Å². The van der Waals surface area contributed by atoms with Crippen LogP contribution in [0.3, 0.4) is 0 Å². The van der Waals surface area contributed by atoms with Gasteiger partial charge in [-0.25, -0.2) is 14.8 Å². The van der Waals surface area contributed by atoms with Gasteiger partial charge in [0.1, 0.15) is 17.0 Å². The average Bonchev–Trinajstić information content (AvgIpc) is 3.53. The summed E-state index contributed by atoms with van der Waals surface area (Å²) in [6.45, 7) is 0. The lowest BCUT2D eigenvalue weighted by Gasteiger charge is -2.03. The predicted molar refractivity (Wildman–Crippen MR) is 142 cm³/mol. The molecule has 1 N–H and O–H groups in total. The number of hydrogen-bond acceptors (Lipinski definition) is 8. The molecule has 4 heterocycles. The highest BCUT2D eigenvalue weighted by Gasteiger charge is 2.14. The Balaban J connectivity index is 1.30. The predicted octanol–water partition coefficient (Wildman–Crippen LogP) is 5.69. The molecule has 6 rings (SSSR count). The molecular formula is C27H19N5O3S. The van der Waals surface area contributed by atoms with E-state index in [0.29, 0.717) is 22.0 Å². The molecule has 0 saturated carbocycles. The van der Waals surface area contributed by atoms with Gasteiger partial charge in [-0.3, -0.25) is 9.83 Å². The molecular weight excluding hydrogens is 474 g/mol. The fraction of sp³-hybridized carbons (Fsp3) is 0.0370. The Morgan fingerprint density at radius 1 is 1.06 bits per heavy atom. The zero-order chi connectivity index (χ0) is 24.5. The van der Waals surface area contributed by atoms with Gasteiger partial charge in [-0.2, -0.15) is 5.10 Å². The van der Waals surface area contributed by atoms with Crippen molar-refractivity contribution in [3.63, 3.8) is 0 Å². The molecule has 9 heteroatoms. The number of nitrogens with zero attached hydrogens (tertiary/aromatic N) is 4. The number of rotatable bonds is 6. The molecule has 6 aromatic rings. The summed E-state index contributed by atoms with van der Waals surface area (Å²) in [6.07, 6.45) is 3.65. The summed E-state index contributed by atoms with van der Waals surface area (Å²) in [5, 5.41) is 7.61. The number of imidazole rings is 1. The van der Waals surface area contributed by atoms with Crippen LogP contribution in [0.4, 0.5) is 5.13 Å². The smallest absolute Gasteiger partial charge is 0.345 e. The molecule has 36 heavy (non-hydrogen) atoms. The first-order valence-electron chi connectivity index (χ1n) is 11.1. The van der Waals surface area contributed by atoms with Crippen molar-refractivity contribution in [3.8, 4) is 28.3 Å². The summed E-state index contributed by atoms with van der Waals surface area (Å²) >= 11 is 1.35. The molecule has 0 aliphatic rings. The van der Waals surface area contributed by atoms with E-state index in [4.69, 9.17) is 14.1 Å². The molecule has 4 aromatic heterocycles. The number of para-hydroxylation sites is 1. The van der Waals surface area contributed by atoms with Crippen LogP contribution < -0.4 is 15.8 Å². The molecule has 176 valence electrons. The van der Waals surface area contributed by atoms with Gasteiger partial charge in [0.05, 0.1) is 36.0 Å². The minimum atomic E-state index is -0.427. The Morgan fingerprint density at radius 3 is 2.75 bits per heavy atom. The maximum Gasteiger partial charge on any atom is 0.345 e. The van der Waals surface area contributed by atoms with Crippen molar-refractivity contribution >= 4 is 39.3 Å². The number of ether oxygens (including phenoxy) is 1. The number of pyridine rings is 1. The van der Waals surface area contributed by atoms with E-state index in [1.807, 2.05) is 71.3 Å². The number of anilines is 1. The lowest BCUT2D eigenvalue weighted by atomic mass is 10.1. The number of fused-ring (bicyclic) bond motifs is 2.